The summed E-state index contributed by atoms with van der Waals surface area (Å²) in [4.78, 5) is 18.3. The molecule has 1 fully saturated rings. The maximum atomic E-state index is 12.1. The predicted molar refractivity (Wildman–Crippen MR) is 115 cm³/mol. The number of hydrogen-bond acceptors (Lipinski definition) is 2. The number of nitrogens with one attached hydrogen (secondary N) is 2. The largest absolute Gasteiger partial charge is 0.357 e. The molecule has 0 spiro atoms. The molecule has 0 bridgehead atoms. The molecule has 1 heterocycles. The molecule has 2 rings (SSSR count). The summed E-state index contributed by atoms with van der Waals surface area (Å²) in [5.41, 5.74) is 0.914. The first-order valence-corrected chi connectivity index (χ1v) is 9.10. The molecule has 2 N–H and O–H groups in total. The van der Waals surface area contributed by atoms with E-state index in [4.69, 9.17) is 23.2 Å². The maximum Gasteiger partial charge on any atom is 0.244 e. The van der Waals surface area contributed by atoms with Crippen molar-refractivity contribution in [2.24, 2.45) is 4.99 Å². The summed E-state index contributed by atoms with van der Waals surface area (Å²) in [6, 6.07) is 5.49. The summed E-state index contributed by atoms with van der Waals surface area (Å²) >= 11 is 12.3. The SMILES string of the molecule is CCNC(=NCC(=O)N1CCCC1)NCCc1c(Cl)cccc1Cl.I. The second-order valence-electron chi connectivity index (χ2n) is 5.66. The molecular weight excluding hydrogens is 474 g/mol. The van der Waals surface area contributed by atoms with Gasteiger partial charge in [-0.15, -0.1) is 24.0 Å². The number of nitrogens with zero attached hydrogens (tertiary/aromatic N) is 2. The van der Waals surface area contributed by atoms with Crippen LogP contribution in [0.25, 0.3) is 0 Å². The number of guanidine groups is 1. The van der Waals surface area contributed by atoms with Crippen LogP contribution in [0.15, 0.2) is 23.2 Å². The lowest BCUT2D eigenvalue weighted by atomic mass is 10.1. The van der Waals surface area contributed by atoms with Gasteiger partial charge in [-0.25, -0.2) is 4.99 Å². The molecule has 0 aliphatic carbocycles. The van der Waals surface area contributed by atoms with Crippen LogP contribution in [-0.4, -0.2) is 49.5 Å². The van der Waals surface area contributed by atoms with Crippen molar-refractivity contribution >= 4 is 59.0 Å². The van der Waals surface area contributed by atoms with E-state index in [1.54, 1.807) is 0 Å². The van der Waals surface area contributed by atoms with Crippen molar-refractivity contribution in [1.29, 1.82) is 0 Å². The highest BCUT2D eigenvalue weighted by Crippen LogP contribution is 2.24. The molecule has 1 aliphatic heterocycles. The average Bonchev–Trinajstić information content (AvgIpc) is 3.09. The Morgan fingerprint density at radius 3 is 2.44 bits per heavy atom. The lowest BCUT2D eigenvalue weighted by Gasteiger charge is -2.15. The normalized spacial score (nSPS) is 14.2. The first kappa shape index (κ1) is 22.3. The molecule has 5 nitrogen and oxygen atoms in total. The van der Waals surface area contributed by atoms with Crippen molar-refractivity contribution in [3.63, 3.8) is 0 Å². The molecule has 0 aromatic heterocycles. The minimum absolute atomic E-state index is 0. The van der Waals surface area contributed by atoms with E-state index >= 15 is 0 Å². The lowest BCUT2D eigenvalue weighted by molar-refractivity contribution is -0.128. The topological polar surface area (TPSA) is 56.7 Å². The van der Waals surface area contributed by atoms with Crippen LogP contribution in [-0.2, 0) is 11.2 Å². The van der Waals surface area contributed by atoms with E-state index in [0.717, 1.165) is 38.0 Å². The third-order valence-corrected chi connectivity index (χ3v) is 4.61. The Kier molecular flexibility index (Phi) is 10.5. The number of carbonyl (C=O) groups excluding carboxylic acids is 1. The summed E-state index contributed by atoms with van der Waals surface area (Å²) in [5.74, 6) is 0.715. The zero-order valence-electron chi connectivity index (χ0n) is 14.4. The molecule has 0 radical (unpaired) electrons. The first-order chi connectivity index (χ1) is 11.6. The summed E-state index contributed by atoms with van der Waals surface area (Å²) in [5, 5.41) is 7.69. The quantitative estimate of drug-likeness (QED) is 0.359. The van der Waals surface area contributed by atoms with Crippen LogP contribution in [0.1, 0.15) is 25.3 Å². The van der Waals surface area contributed by atoms with Crippen LogP contribution in [0.2, 0.25) is 10.0 Å². The van der Waals surface area contributed by atoms with Gasteiger partial charge in [0.25, 0.3) is 0 Å². The molecule has 1 amide bonds. The minimum Gasteiger partial charge on any atom is -0.357 e. The highest BCUT2D eigenvalue weighted by Gasteiger charge is 2.17. The molecule has 0 atom stereocenters. The number of halogens is 3. The third kappa shape index (κ3) is 7.19. The van der Waals surface area contributed by atoms with Gasteiger partial charge in [0.15, 0.2) is 5.96 Å². The molecule has 1 aliphatic rings. The van der Waals surface area contributed by atoms with Crippen LogP contribution in [0, 0.1) is 0 Å². The van der Waals surface area contributed by atoms with E-state index in [2.05, 4.69) is 15.6 Å². The van der Waals surface area contributed by atoms with Crippen LogP contribution in [0.4, 0.5) is 0 Å². The van der Waals surface area contributed by atoms with Crippen molar-refractivity contribution in [1.82, 2.24) is 15.5 Å². The Hall–Kier alpha value is -0.730. The van der Waals surface area contributed by atoms with Gasteiger partial charge < -0.3 is 15.5 Å². The zero-order chi connectivity index (χ0) is 17.4. The fourth-order valence-corrected chi connectivity index (χ4v) is 3.22. The van der Waals surface area contributed by atoms with Crippen molar-refractivity contribution in [3.8, 4) is 0 Å². The van der Waals surface area contributed by atoms with Gasteiger partial charge in [-0.05, 0) is 43.9 Å². The molecule has 1 aromatic rings. The smallest absolute Gasteiger partial charge is 0.244 e. The molecule has 25 heavy (non-hydrogen) atoms. The van der Waals surface area contributed by atoms with Crippen LogP contribution < -0.4 is 10.6 Å². The average molecular weight is 499 g/mol. The Bertz CT molecular complexity index is 572. The Balaban J connectivity index is 0.00000312. The molecule has 1 aromatic carbocycles. The Labute approximate surface area is 176 Å². The molecule has 0 saturated carbocycles. The molecule has 8 heteroatoms. The van der Waals surface area contributed by atoms with E-state index < -0.39 is 0 Å². The van der Waals surface area contributed by atoms with Gasteiger partial charge in [0, 0.05) is 36.2 Å². The fraction of sp³-hybridized carbons (Fsp3) is 0.529. The molecule has 1 saturated heterocycles. The van der Waals surface area contributed by atoms with Crippen molar-refractivity contribution in [2.75, 3.05) is 32.7 Å². The minimum atomic E-state index is 0. The third-order valence-electron chi connectivity index (χ3n) is 3.90. The monoisotopic (exact) mass is 498 g/mol. The summed E-state index contributed by atoms with van der Waals surface area (Å²) in [7, 11) is 0. The number of aliphatic imine (C=N–C) groups is 1. The Morgan fingerprint density at radius 1 is 1.20 bits per heavy atom. The van der Waals surface area contributed by atoms with Gasteiger partial charge in [-0.2, -0.15) is 0 Å². The highest BCUT2D eigenvalue weighted by atomic mass is 127. The van der Waals surface area contributed by atoms with E-state index in [0.29, 0.717) is 29.0 Å². The van der Waals surface area contributed by atoms with Gasteiger partial charge in [-0.1, -0.05) is 29.3 Å². The summed E-state index contributed by atoms with van der Waals surface area (Å²) < 4.78 is 0. The van der Waals surface area contributed by atoms with Crippen molar-refractivity contribution in [3.05, 3.63) is 33.8 Å². The molecule has 140 valence electrons. The van der Waals surface area contributed by atoms with Crippen LogP contribution in [0.3, 0.4) is 0 Å². The van der Waals surface area contributed by atoms with Crippen molar-refractivity contribution < 1.29 is 4.79 Å². The lowest BCUT2D eigenvalue weighted by Crippen LogP contribution is -2.39. The van der Waals surface area contributed by atoms with Crippen LogP contribution in [0.5, 0.6) is 0 Å². The van der Waals surface area contributed by atoms with Gasteiger partial charge in [-0.3, -0.25) is 4.79 Å². The van der Waals surface area contributed by atoms with E-state index in [1.165, 1.54) is 0 Å². The highest BCUT2D eigenvalue weighted by molar-refractivity contribution is 14.0. The van der Waals surface area contributed by atoms with Gasteiger partial charge >= 0.3 is 0 Å². The van der Waals surface area contributed by atoms with E-state index in [1.807, 2.05) is 30.0 Å². The van der Waals surface area contributed by atoms with Gasteiger partial charge in [0.05, 0.1) is 0 Å². The summed E-state index contributed by atoms with van der Waals surface area (Å²) in [6.07, 6.45) is 2.86. The first-order valence-electron chi connectivity index (χ1n) is 8.34. The maximum absolute atomic E-state index is 12.1. The number of rotatable bonds is 6. The van der Waals surface area contributed by atoms with E-state index in [-0.39, 0.29) is 36.4 Å². The zero-order valence-corrected chi connectivity index (χ0v) is 18.2. The predicted octanol–water partition coefficient (Wildman–Crippen LogP) is 3.33. The van der Waals surface area contributed by atoms with E-state index in [9.17, 15) is 4.79 Å². The van der Waals surface area contributed by atoms with Crippen LogP contribution >= 0.6 is 47.2 Å². The summed E-state index contributed by atoms with van der Waals surface area (Å²) in [6.45, 7) is 5.23. The van der Waals surface area contributed by atoms with Crippen molar-refractivity contribution in [2.45, 2.75) is 26.2 Å². The fourth-order valence-electron chi connectivity index (χ4n) is 2.63. The number of amides is 1. The standard InChI is InChI=1S/C17H24Cl2N4O.HI/c1-2-20-17(22-12-16(24)23-10-3-4-11-23)21-9-8-13-14(18)6-5-7-15(13)19;/h5-7H,2-4,8-12H2,1H3,(H2,20,21,22);1H. The number of hydrogen-bond donors (Lipinski definition) is 2. The van der Waals surface area contributed by atoms with Gasteiger partial charge in [0.1, 0.15) is 6.54 Å². The number of likely N-dealkylation sites (tertiary alicyclic amines) is 1. The second-order valence-corrected chi connectivity index (χ2v) is 6.47. The second kappa shape index (κ2) is 11.8. The molecule has 0 unspecified atom stereocenters. The number of carbonyl (C=O) groups is 1. The number of benzene rings is 1. The molecular formula is C17H25Cl2IN4O. The van der Waals surface area contributed by atoms with Gasteiger partial charge in [0.2, 0.25) is 5.91 Å². The Morgan fingerprint density at radius 2 is 1.84 bits per heavy atom.